The summed E-state index contributed by atoms with van der Waals surface area (Å²) in [6, 6.07) is 7.82. The smallest absolute Gasteiger partial charge is 0.222 e. The van der Waals surface area contributed by atoms with Gasteiger partial charge in [-0.3, -0.25) is 4.79 Å². The van der Waals surface area contributed by atoms with Crippen LogP contribution in [-0.2, 0) is 11.2 Å². The van der Waals surface area contributed by atoms with Crippen LogP contribution in [0.2, 0.25) is 5.02 Å². The molecule has 1 heterocycles. The Balaban J connectivity index is 1.45. The largest absolute Gasteiger partial charge is 0.392 e. The van der Waals surface area contributed by atoms with Gasteiger partial charge >= 0.3 is 0 Å². The molecule has 0 radical (unpaired) electrons. The Morgan fingerprint density at radius 3 is 2.43 bits per heavy atom. The molecule has 1 amide bonds. The number of carbonyl (C=O) groups excluding carboxylic acids is 1. The summed E-state index contributed by atoms with van der Waals surface area (Å²) in [6.45, 7) is 1.49. The van der Waals surface area contributed by atoms with Crippen LogP contribution >= 0.6 is 11.6 Å². The summed E-state index contributed by atoms with van der Waals surface area (Å²) < 4.78 is 0. The number of aliphatic hydroxyl groups is 1. The third-order valence-corrected chi connectivity index (χ3v) is 5.16. The van der Waals surface area contributed by atoms with E-state index in [-0.39, 0.29) is 12.0 Å². The molecule has 2 aliphatic rings. The minimum atomic E-state index is -0.178. The summed E-state index contributed by atoms with van der Waals surface area (Å²) in [5, 5.41) is 10.8. The Kier molecular flexibility index (Phi) is 4.51. The monoisotopic (exact) mass is 307 g/mol. The van der Waals surface area contributed by atoms with E-state index < -0.39 is 0 Å². The van der Waals surface area contributed by atoms with Gasteiger partial charge < -0.3 is 10.0 Å². The van der Waals surface area contributed by atoms with Gasteiger partial charge in [0.25, 0.3) is 0 Å². The van der Waals surface area contributed by atoms with Crippen LogP contribution in [0.5, 0.6) is 0 Å². The van der Waals surface area contributed by atoms with Crippen LogP contribution in [0.1, 0.15) is 31.2 Å². The highest BCUT2D eigenvalue weighted by atomic mass is 35.5. The molecule has 1 saturated heterocycles. The number of halogens is 1. The van der Waals surface area contributed by atoms with Crippen LogP contribution in [0, 0.1) is 11.8 Å². The number of hydrogen-bond donors (Lipinski definition) is 1. The summed E-state index contributed by atoms with van der Waals surface area (Å²) in [7, 11) is 0. The van der Waals surface area contributed by atoms with Gasteiger partial charge in [0.2, 0.25) is 5.91 Å². The van der Waals surface area contributed by atoms with Gasteiger partial charge in [0.1, 0.15) is 0 Å². The molecule has 1 saturated carbocycles. The van der Waals surface area contributed by atoms with Crippen molar-refractivity contribution in [2.75, 3.05) is 13.1 Å². The van der Waals surface area contributed by atoms with E-state index in [1.165, 1.54) is 5.56 Å². The van der Waals surface area contributed by atoms with E-state index in [0.717, 1.165) is 43.8 Å². The molecule has 3 atom stereocenters. The molecule has 4 heteroatoms. The van der Waals surface area contributed by atoms with Crippen LogP contribution in [-0.4, -0.2) is 35.1 Å². The highest BCUT2D eigenvalue weighted by Crippen LogP contribution is 2.36. The lowest BCUT2D eigenvalue weighted by Gasteiger charge is -2.35. The number of hydrogen-bond acceptors (Lipinski definition) is 2. The number of rotatable bonds is 4. The second kappa shape index (κ2) is 6.37. The van der Waals surface area contributed by atoms with Gasteiger partial charge in [-0.2, -0.15) is 0 Å². The predicted molar refractivity (Wildman–Crippen MR) is 83.2 cm³/mol. The quantitative estimate of drug-likeness (QED) is 0.929. The average Bonchev–Trinajstić information content (AvgIpc) is 2.71. The van der Waals surface area contributed by atoms with E-state index >= 15 is 0 Å². The van der Waals surface area contributed by atoms with Crippen molar-refractivity contribution in [3.63, 3.8) is 0 Å². The van der Waals surface area contributed by atoms with Gasteiger partial charge in [0, 0.05) is 36.4 Å². The molecular weight excluding hydrogens is 286 g/mol. The van der Waals surface area contributed by atoms with Crippen molar-refractivity contribution in [2.24, 2.45) is 11.8 Å². The number of amides is 1. The maximum atomic E-state index is 12.3. The van der Waals surface area contributed by atoms with E-state index in [1.807, 2.05) is 29.2 Å². The Hall–Kier alpha value is -1.06. The van der Waals surface area contributed by atoms with Crippen LogP contribution in [0.3, 0.4) is 0 Å². The van der Waals surface area contributed by atoms with Gasteiger partial charge in [-0.1, -0.05) is 23.7 Å². The highest BCUT2D eigenvalue weighted by Gasteiger charge is 2.41. The molecule has 1 aromatic carbocycles. The molecule has 0 aromatic heterocycles. The lowest BCUT2D eigenvalue weighted by atomic mass is 9.94. The van der Waals surface area contributed by atoms with Crippen molar-refractivity contribution < 1.29 is 9.90 Å². The maximum absolute atomic E-state index is 12.3. The number of likely N-dealkylation sites (tertiary alicyclic amines) is 1. The third kappa shape index (κ3) is 3.41. The number of piperidine rings is 1. The highest BCUT2D eigenvalue weighted by molar-refractivity contribution is 6.30. The molecule has 2 bridgehead atoms. The summed E-state index contributed by atoms with van der Waals surface area (Å²) in [5.41, 5.74) is 1.22. The molecule has 114 valence electrons. The third-order valence-electron chi connectivity index (χ3n) is 4.91. The van der Waals surface area contributed by atoms with Gasteiger partial charge in [0.05, 0.1) is 6.10 Å². The Labute approximate surface area is 130 Å². The van der Waals surface area contributed by atoms with Crippen LogP contribution < -0.4 is 0 Å². The van der Waals surface area contributed by atoms with E-state index in [2.05, 4.69) is 0 Å². The van der Waals surface area contributed by atoms with Gasteiger partial charge in [-0.05, 0) is 43.4 Å². The standard InChI is InChI=1S/C17H22ClNO2/c18-15-8-4-12(5-9-15)2-1-3-16(20)19-10-13-6-7-14(11-19)17(13)21/h4-5,8-9,13-14,17,21H,1-3,6-7,10-11H2/t13-,14+,17?. The Morgan fingerprint density at radius 1 is 1.19 bits per heavy atom. The normalized spacial score (nSPS) is 27.9. The lowest BCUT2D eigenvalue weighted by molar-refractivity contribution is -0.135. The van der Waals surface area contributed by atoms with Crippen molar-refractivity contribution in [3.8, 4) is 0 Å². The number of aliphatic hydroxyl groups excluding tert-OH is 1. The van der Waals surface area contributed by atoms with Gasteiger partial charge in [-0.15, -0.1) is 0 Å². The summed E-state index contributed by atoms with van der Waals surface area (Å²) in [6.07, 6.45) is 4.34. The van der Waals surface area contributed by atoms with E-state index in [9.17, 15) is 9.90 Å². The molecule has 0 spiro atoms. The second-order valence-electron chi connectivity index (χ2n) is 6.37. The molecule has 1 unspecified atom stereocenters. The number of carbonyl (C=O) groups is 1. The summed E-state index contributed by atoms with van der Waals surface area (Å²) in [5.74, 6) is 0.862. The SMILES string of the molecule is O=C(CCCc1ccc(Cl)cc1)N1C[C@H]2CC[C@@H](C1)C2O. The molecular formula is C17H22ClNO2. The fourth-order valence-electron chi connectivity index (χ4n) is 3.65. The minimum Gasteiger partial charge on any atom is -0.392 e. The molecule has 1 aromatic rings. The van der Waals surface area contributed by atoms with Crippen LogP contribution in [0.15, 0.2) is 24.3 Å². The van der Waals surface area contributed by atoms with Gasteiger partial charge in [0.15, 0.2) is 0 Å². The average molecular weight is 308 g/mol. The minimum absolute atomic E-state index is 0.178. The topological polar surface area (TPSA) is 40.5 Å². The zero-order valence-electron chi connectivity index (χ0n) is 12.2. The van der Waals surface area contributed by atoms with Crippen molar-refractivity contribution >= 4 is 17.5 Å². The first-order valence-electron chi connectivity index (χ1n) is 7.84. The zero-order valence-corrected chi connectivity index (χ0v) is 12.9. The molecule has 3 nitrogen and oxygen atoms in total. The van der Waals surface area contributed by atoms with Crippen molar-refractivity contribution in [1.29, 1.82) is 0 Å². The first kappa shape index (κ1) is 14.9. The molecule has 2 fully saturated rings. The molecule has 1 aliphatic heterocycles. The second-order valence-corrected chi connectivity index (χ2v) is 6.80. The summed E-state index contributed by atoms with van der Waals surface area (Å²) >= 11 is 5.86. The van der Waals surface area contributed by atoms with Crippen molar-refractivity contribution in [2.45, 2.75) is 38.2 Å². The summed E-state index contributed by atoms with van der Waals surface area (Å²) in [4.78, 5) is 14.3. The van der Waals surface area contributed by atoms with Crippen molar-refractivity contribution in [1.82, 2.24) is 4.90 Å². The number of nitrogens with zero attached hydrogens (tertiary/aromatic N) is 1. The number of aryl methyl sites for hydroxylation is 1. The zero-order chi connectivity index (χ0) is 14.8. The Morgan fingerprint density at radius 2 is 1.81 bits per heavy atom. The molecule has 21 heavy (non-hydrogen) atoms. The lowest BCUT2D eigenvalue weighted by Crippen LogP contribution is -2.47. The Bertz CT molecular complexity index is 488. The van der Waals surface area contributed by atoms with E-state index in [1.54, 1.807) is 0 Å². The number of fused-ring (bicyclic) bond motifs is 2. The molecule has 1 N–H and O–H groups in total. The van der Waals surface area contributed by atoms with E-state index in [4.69, 9.17) is 11.6 Å². The molecule has 1 aliphatic carbocycles. The molecule has 3 rings (SSSR count). The van der Waals surface area contributed by atoms with Gasteiger partial charge in [-0.25, -0.2) is 0 Å². The van der Waals surface area contributed by atoms with Crippen LogP contribution in [0.4, 0.5) is 0 Å². The number of benzene rings is 1. The fraction of sp³-hybridized carbons (Fsp3) is 0.588. The van der Waals surface area contributed by atoms with Crippen LogP contribution in [0.25, 0.3) is 0 Å². The first-order chi connectivity index (χ1) is 10.1. The maximum Gasteiger partial charge on any atom is 0.222 e. The van der Waals surface area contributed by atoms with Crippen molar-refractivity contribution in [3.05, 3.63) is 34.9 Å². The predicted octanol–water partition coefficient (Wildman–Crippen LogP) is 2.89. The fourth-order valence-corrected chi connectivity index (χ4v) is 3.78. The van der Waals surface area contributed by atoms with E-state index in [0.29, 0.717) is 18.3 Å². The first-order valence-corrected chi connectivity index (χ1v) is 8.21.